The van der Waals surface area contributed by atoms with Gasteiger partial charge < -0.3 is 36.0 Å². The van der Waals surface area contributed by atoms with Crippen LogP contribution < -0.4 is 11.5 Å². The number of aliphatic imine (C=N–C) groups is 1. The van der Waals surface area contributed by atoms with E-state index in [1.165, 1.54) is 13.2 Å². The van der Waals surface area contributed by atoms with Gasteiger partial charge in [-0.2, -0.15) is 4.89 Å². The van der Waals surface area contributed by atoms with Crippen molar-refractivity contribution in [3.8, 4) is 0 Å². The number of guanidine groups is 1. The van der Waals surface area contributed by atoms with E-state index in [-0.39, 0.29) is 30.2 Å². The van der Waals surface area contributed by atoms with Gasteiger partial charge in [-0.25, -0.2) is 9.79 Å². The van der Waals surface area contributed by atoms with Crippen molar-refractivity contribution >= 4 is 11.9 Å². The fourth-order valence-electron chi connectivity index (χ4n) is 3.38. The number of allylic oxidation sites excluding steroid dienone is 1. The number of aliphatic carboxylic acids is 1. The summed E-state index contributed by atoms with van der Waals surface area (Å²) in [5, 5.41) is 19.4. The number of ether oxygens (including phenoxy) is 2. The lowest BCUT2D eigenvalue weighted by Gasteiger charge is -2.39. The molecule has 0 aromatic heterocycles. The van der Waals surface area contributed by atoms with Crippen molar-refractivity contribution < 1.29 is 34.3 Å². The SMILES string of the molecule is C=C(CCC[C@H](CO)[C@@H](OC)[C@@H]1OC(C(=O)O)=C[C@H](N=C(N)N)[C@H]1C)OOCCC. The Morgan fingerprint density at radius 3 is 2.67 bits per heavy atom. The zero-order valence-electron chi connectivity index (χ0n) is 18.0. The minimum Gasteiger partial charge on any atom is -0.480 e. The molecule has 0 bridgehead atoms. The summed E-state index contributed by atoms with van der Waals surface area (Å²) < 4.78 is 11.4. The lowest BCUT2D eigenvalue weighted by Crippen LogP contribution is -2.48. The predicted octanol–water partition coefficient (Wildman–Crippen LogP) is 1.30. The molecule has 172 valence electrons. The Labute approximate surface area is 177 Å². The van der Waals surface area contributed by atoms with E-state index < -0.39 is 24.2 Å². The van der Waals surface area contributed by atoms with Gasteiger partial charge in [-0.05, 0) is 25.3 Å². The van der Waals surface area contributed by atoms with Gasteiger partial charge in [0, 0.05) is 32.0 Å². The van der Waals surface area contributed by atoms with Crippen molar-refractivity contribution in [1.29, 1.82) is 0 Å². The van der Waals surface area contributed by atoms with Crippen molar-refractivity contribution in [3.63, 3.8) is 0 Å². The molecule has 0 saturated heterocycles. The second-order valence-corrected chi connectivity index (χ2v) is 7.30. The summed E-state index contributed by atoms with van der Waals surface area (Å²) >= 11 is 0. The van der Waals surface area contributed by atoms with Crippen LogP contribution in [0.3, 0.4) is 0 Å². The molecule has 1 rings (SSSR count). The van der Waals surface area contributed by atoms with E-state index in [4.69, 9.17) is 30.7 Å². The number of carboxylic acid groups (broad SMARTS) is 1. The molecule has 30 heavy (non-hydrogen) atoms. The summed E-state index contributed by atoms with van der Waals surface area (Å²) in [5.74, 6) is -1.71. The third-order valence-electron chi connectivity index (χ3n) is 4.94. The maximum Gasteiger partial charge on any atom is 0.370 e. The third kappa shape index (κ3) is 7.85. The fourth-order valence-corrected chi connectivity index (χ4v) is 3.38. The molecule has 6 N–H and O–H groups in total. The first-order valence-corrected chi connectivity index (χ1v) is 10.1. The van der Waals surface area contributed by atoms with E-state index >= 15 is 0 Å². The number of carbonyl (C=O) groups is 1. The van der Waals surface area contributed by atoms with Crippen LogP contribution in [0.5, 0.6) is 0 Å². The normalized spacial score (nSPS) is 22.9. The van der Waals surface area contributed by atoms with Gasteiger partial charge in [0.25, 0.3) is 0 Å². The summed E-state index contributed by atoms with van der Waals surface area (Å²) in [4.78, 5) is 25.7. The molecule has 0 fully saturated rings. The molecule has 0 amide bonds. The average molecular weight is 430 g/mol. The molecule has 1 aliphatic heterocycles. The lowest BCUT2D eigenvalue weighted by molar-refractivity contribution is -0.263. The highest BCUT2D eigenvalue weighted by atomic mass is 17.2. The van der Waals surface area contributed by atoms with Crippen LogP contribution in [-0.2, 0) is 24.0 Å². The lowest BCUT2D eigenvalue weighted by atomic mass is 9.83. The minimum absolute atomic E-state index is 0.148. The summed E-state index contributed by atoms with van der Waals surface area (Å²) in [6.07, 6.45) is 2.77. The molecule has 0 radical (unpaired) electrons. The molecule has 0 spiro atoms. The standard InChI is InChI=1S/C20H35N3O7/c1-5-9-28-30-12(2)7-6-8-14(11-24)18(27-4)17-13(3)15(23-20(21)22)10-16(29-17)19(25)26/h10,13-15,17-18,24H,2,5-9,11H2,1,3-4H3,(H,25,26)(H4,21,22,23)/t13-,14-,15+,17-,18-/m1/s1. The summed E-state index contributed by atoms with van der Waals surface area (Å²) in [7, 11) is 1.50. The highest BCUT2D eigenvalue weighted by Crippen LogP contribution is 2.33. The van der Waals surface area contributed by atoms with Crippen LogP contribution in [0.25, 0.3) is 0 Å². The molecule has 1 heterocycles. The number of carboxylic acids is 1. The zero-order chi connectivity index (χ0) is 22.7. The summed E-state index contributed by atoms with van der Waals surface area (Å²) in [6.45, 7) is 7.94. The van der Waals surface area contributed by atoms with Crippen LogP contribution in [0.15, 0.2) is 29.2 Å². The Bertz CT molecular complexity index is 620. The third-order valence-corrected chi connectivity index (χ3v) is 4.94. The highest BCUT2D eigenvalue weighted by molar-refractivity contribution is 5.85. The van der Waals surface area contributed by atoms with Gasteiger partial charge in [-0.3, -0.25) is 0 Å². The number of aliphatic hydroxyl groups is 1. The number of hydrogen-bond acceptors (Lipinski definition) is 7. The Morgan fingerprint density at radius 2 is 2.13 bits per heavy atom. The van der Waals surface area contributed by atoms with Crippen molar-refractivity contribution in [2.24, 2.45) is 28.3 Å². The number of aliphatic hydroxyl groups excluding tert-OH is 1. The van der Waals surface area contributed by atoms with Crippen LogP contribution in [0, 0.1) is 11.8 Å². The van der Waals surface area contributed by atoms with Crippen LogP contribution >= 0.6 is 0 Å². The molecule has 0 aromatic carbocycles. The molecule has 0 aromatic rings. The number of nitrogens with zero attached hydrogens (tertiary/aromatic N) is 1. The topological polar surface area (TPSA) is 159 Å². The van der Waals surface area contributed by atoms with E-state index in [1.54, 1.807) is 0 Å². The van der Waals surface area contributed by atoms with Crippen LogP contribution in [0.1, 0.15) is 39.5 Å². The van der Waals surface area contributed by atoms with E-state index in [0.717, 1.165) is 6.42 Å². The number of nitrogens with two attached hydrogens (primary N) is 2. The average Bonchev–Trinajstić information content (AvgIpc) is 2.69. The van der Waals surface area contributed by atoms with E-state index in [0.29, 0.717) is 31.6 Å². The molecule has 10 heteroatoms. The molecular formula is C20H35N3O7. The first kappa shape index (κ1) is 25.7. The second kappa shape index (κ2) is 13.1. The molecule has 0 saturated carbocycles. The Hall–Kier alpha value is -2.30. The van der Waals surface area contributed by atoms with Crippen molar-refractivity contribution in [1.82, 2.24) is 0 Å². The maximum atomic E-state index is 11.5. The molecule has 5 atom stereocenters. The summed E-state index contributed by atoms with van der Waals surface area (Å²) in [6, 6.07) is -0.583. The summed E-state index contributed by atoms with van der Waals surface area (Å²) in [5.41, 5.74) is 11.0. The van der Waals surface area contributed by atoms with Gasteiger partial charge in [-0.1, -0.05) is 20.4 Å². The minimum atomic E-state index is -1.22. The van der Waals surface area contributed by atoms with Gasteiger partial charge in [-0.15, -0.1) is 0 Å². The van der Waals surface area contributed by atoms with Crippen LogP contribution in [0.2, 0.25) is 0 Å². The van der Waals surface area contributed by atoms with E-state index in [1.807, 2.05) is 13.8 Å². The Balaban J connectivity index is 2.85. The van der Waals surface area contributed by atoms with Crippen LogP contribution in [0.4, 0.5) is 0 Å². The Kier molecular flexibility index (Phi) is 11.2. The molecule has 1 aliphatic rings. The van der Waals surface area contributed by atoms with Gasteiger partial charge >= 0.3 is 5.97 Å². The smallest absolute Gasteiger partial charge is 0.370 e. The monoisotopic (exact) mass is 429 g/mol. The van der Waals surface area contributed by atoms with Crippen molar-refractivity contribution in [2.75, 3.05) is 20.3 Å². The van der Waals surface area contributed by atoms with Crippen molar-refractivity contribution in [3.05, 3.63) is 24.2 Å². The molecular weight excluding hydrogens is 394 g/mol. The quantitative estimate of drug-likeness (QED) is 0.0797. The first-order valence-electron chi connectivity index (χ1n) is 10.1. The first-order chi connectivity index (χ1) is 14.2. The predicted molar refractivity (Wildman–Crippen MR) is 111 cm³/mol. The molecule has 0 aliphatic carbocycles. The van der Waals surface area contributed by atoms with E-state index in [9.17, 15) is 15.0 Å². The highest BCUT2D eigenvalue weighted by Gasteiger charge is 2.41. The second-order valence-electron chi connectivity index (χ2n) is 7.30. The number of hydrogen-bond donors (Lipinski definition) is 4. The van der Waals surface area contributed by atoms with Gasteiger partial charge in [0.05, 0.1) is 18.8 Å². The Morgan fingerprint density at radius 1 is 1.43 bits per heavy atom. The zero-order valence-corrected chi connectivity index (χ0v) is 18.0. The fraction of sp³-hybridized carbons (Fsp3) is 0.700. The van der Waals surface area contributed by atoms with Crippen LogP contribution in [-0.4, -0.2) is 60.7 Å². The van der Waals surface area contributed by atoms with Gasteiger partial charge in [0.2, 0.25) is 5.76 Å². The van der Waals surface area contributed by atoms with E-state index in [2.05, 4.69) is 11.6 Å². The number of methoxy groups -OCH3 is 1. The number of rotatable bonds is 14. The maximum absolute atomic E-state index is 11.5. The molecule has 10 nitrogen and oxygen atoms in total. The van der Waals surface area contributed by atoms with Crippen molar-refractivity contribution in [2.45, 2.75) is 57.8 Å². The van der Waals surface area contributed by atoms with Gasteiger partial charge in [0.15, 0.2) is 5.96 Å². The molecule has 0 unspecified atom stereocenters. The van der Waals surface area contributed by atoms with Gasteiger partial charge in [0.1, 0.15) is 11.9 Å². The largest absolute Gasteiger partial charge is 0.480 e.